The fourth-order valence-corrected chi connectivity index (χ4v) is 4.86. The van der Waals surface area contributed by atoms with Gasteiger partial charge in [-0.1, -0.05) is 0 Å². The number of hydrogen-bond acceptors (Lipinski definition) is 4. The van der Waals surface area contributed by atoms with Crippen molar-refractivity contribution in [1.82, 2.24) is 5.32 Å². The van der Waals surface area contributed by atoms with Gasteiger partial charge in [0, 0.05) is 19.1 Å². The fraction of sp³-hybridized carbons (Fsp3) is 0.714. The van der Waals surface area contributed by atoms with E-state index in [4.69, 9.17) is 9.47 Å². The van der Waals surface area contributed by atoms with Gasteiger partial charge in [-0.15, -0.1) is 0 Å². The van der Waals surface area contributed by atoms with Gasteiger partial charge in [0.2, 0.25) is 0 Å². The van der Waals surface area contributed by atoms with Gasteiger partial charge >= 0.3 is 0 Å². The van der Waals surface area contributed by atoms with Crippen LogP contribution in [-0.2, 0) is 17.6 Å². The van der Waals surface area contributed by atoms with Gasteiger partial charge in [-0.05, 0) is 80.8 Å². The number of fused-ring (bicyclic) bond motifs is 2. The molecule has 1 aromatic rings. The normalized spacial score (nSPS) is 28.9. The molecule has 1 N–H and O–H groups in total. The van der Waals surface area contributed by atoms with E-state index in [0.717, 1.165) is 57.5 Å². The quantitative estimate of drug-likeness (QED) is 0.916. The summed E-state index contributed by atoms with van der Waals surface area (Å²) in [5, 5.41) is 3.58. The van der Waals surface area contributed by atoms with Crippen molar-refractivity contribution in [2.24, 2.45) is 5.92 Å². The first kappa shape index (κ1) is 16.0. The zero-order valence-corrected chi connectivity index (χ0v) is 15.4. The van der Waals surface area contributed by atoms with Gasteiger partial charge in [-0.3, -0.25) is 0 Å². The number of rotatable bonds is 3. The SMILES string of the molecule is C[C@@H]1COc2cc3c(c(C4CC4)c2N1C[C@H]1CCOC1)CCNCC3. The lowest BCUT2D eigenvalue weighted by molar-refractivity contribution is 0.184. The van der Waals surface area contributed by atoms with Crippen molar-refractivity contribution in [3.8, 4) is 5.75 Å². The van der Waals surface area contributed by atoms with Gasteiger partial charge in [0.25, 0.3) is 0 Å². The molecule has 2 atom stereocenters. The smallest absolute Gasteiger partial charge is 0.143 e. The molecule has 4 nitrogen and oxygen atoms in total. The van der Waals surface area contributed by atoms with Crippen LogP contribution in [-0.4, -0.2) is 45.5 Å². The lowest BCUT2D eigenvalue weighted by atomic mass is 9.90. The Balaban J connectivity index is 1.59. The summed E-state index contributed by atoms with van der Waals surface area (Å²) < 4.78 is 11.9. The number of nitrogens with one attached hydrogen (secondary N) is 1. The third kappa shape index (κ3) is 2.93. The van der Waals surface area contributed by atoms with E-state index in [0.29, 0.717) is 12.0 Å². The molecule has 1 saturated carbocycles. The Morgan fingerprint density at radius 1 is 1.16 bits per heavy atom. The van der Waals surface area contributed by atoms with Crippen molar-refractivity contribution in [1.29, 1.82) is 0 Å². The minimum atomic E-state index is 0.451. The van der Waals surface area contributed by atoms with E-state index >= 15 is 0 Å². The molecule has 3 heterocycles. The Hall–Kier alpha value is -1.26. The van der Waals surface area contributed by atoms with E-state index in [1.165, 1.54) is 36.9 Å². The molecule has 1 aliphatic carbocycles. The molecule has 1 aromatic carbocycles. The molecule has 3 aliphatic heterocycles. The summed E-state index contributed by atoms with van der Waals surface area (Å²) >= 11 is 0. The summed E-state index contributed by atoms with van der Waals surface area (Å²) in [6.07, 6.45) is 6.21. The molecule has 1 saturated heterocycles. The Kier molecular flexibility index (Phi) is 4.13. The van der Waals surface area contributed by atoms with Crippen LogP contribution in [0.2, 0.25) is 0 Å². The van der Waals surface area contributed by atoms with Crippen molar-refractivity contribution < 1.29 is 9.47 Å². The first-order valence-electron chi connectivity index (χ1n) is 10.2. The molecule has 4 aliphatic rings. The van der Waals surface area contributed by atoms with Crippen molar-refractivity contribution in [2.45, 2.75) is 51.0 Å². The molecule has 4 heteroatoms. The standard InChI is InChI=1S/C21H30N2O2/c1-14-12-25-19-10-17-4-7-22-8-5-18(17)20(16-2-3-16)21(19)23(14)11-15-6-9-24-13-15/h10,14-16,22H,2-9,11-13H2,1H3/t14-,15-/m1/s1. The average Bonchev–Trinajstić information content (AvgIpc) is 3.37. The van der Waals surface area contributed by atoms with Crippen LogP contribution in [0.1, 0.15) is 48.8 Å². The lowest BCUT2D eigenvalue weighted by Gasteiger charge is -2.40. The topological polar surface area (TPSA) is 33.7 Å². The first-order valence-corrected chi connectivity index (χ1v) is 10.2. The fourth-order valence-electron chi connectivity index (χ4n) is 4.86. The van der Waals surface area contributed by atoms with Gasteiger partial charge in [0.05, 0.1) is 18.3 Å². The van der Waals surface area contributed by atoms with Crippen LogP contribution in [0.4, 0.5) is 5.69 Å². The van der Waals surface area contributed by atoms with Gasteiger partial charge in [-0.2, -0.15) is 0 Å². The minimum Gasteiger partial charge on any atom is -0.489 e. The molecule has 0 amide bonds. The summed E-state index contributed by atoms with van der Waals surface area (Å²) in [4.78, 5) is 2.67. The van der Waals surface area contributed by atoms with E-state index in [-0.39, 0.29) is 0 Å². The molecule has 0 aromatic heterocycles. The van der Waals surface area contributed by atoms with Crippen molar-refractivity contribution in [3.63, 3.8) is 0 Å². The lowest BCUT2D eigenvalue weighted by Crippen LogP contribution is -2.44. The van der Waals surface area contributed by atoms with Crippen LogP contribution in [0.3, 0.4) is 0 Å². The molecule has 0 spiro atoms. The second-order valence-electron chi connectivity index (χ2n) is 8.34. The molecule has 5 rings (SSSR count). The van der Waals surface area contributed by atoms with Crippen LogP contribution >= 0.6 is 0 Å². The van der Waals surface area contributed by atoms with E-state index in [2.05, 4.69) is 23.2 Å². The number of nitrogens with zero attached hydrogens (tertiary/aromatic N) is 1. The maximum atomic E-state index is 6.26. The highest BCUT2D eigenvalue weighted by Gasteiger charge is 2.38. The van der Waals surface area contributed by atoms with Crippen LogP contribution in [0.25, 0.3) is 0 Å². The highest BCUT2D eigenvalue weighted by Crippen LogP contribution is 2.52. The molecule has 25 heavy (non-hydrogen) atoms. The molecule has 0 unspecified atom stereocenters. The van der Waals surface area contributed by atoms with E-state index in [9.17, 15) is 0 Å². The van der Waals surface area contributed by atoms with E-state index in [1.807, 2.05) is 0 Å². The molecular weight excluding hydrogens is 312 g/mol. The van der Waals surface area contributed by atoms with E-state index < -0.39 is 0 Å². The highest BCUT2D eigenvalue weighted by molar-refractivity contribution is 5.71. The molecule has 0 radical (unpaired) electrons. The predicted octanol–water partition coefficient (Wildman–Crippen LogP) is 2.88. The zero-order valence-electron chi connectivity index (χ0n) is 15.4. The summed E-state index contributed by atoms with van der Waals surface area (Å²) in [5.41, 5.74) is 6.25. The van der Waals surface area contributed by atoms with Crippen LogP contribution in [0, 0.1) is 5.92 Å². The van der Waals surface area contributed by atoms with Gasteiger partial charge in [0.15, 0.2) is 0 Å². The number of benzene rings is 1. The predicted molar refractivity (Wildman–Crippen MR) is 99.9 cm³/mol. The Morgan fingerprint density at radius 3 is 2.84 bits per heavy atom. The molecule has 2 fully saturated rings. The van der Waals surface area contributed by atoms with Crippen LogP contribution in [0.5, 0.6) is 5.75 Å². The Labute approximate surface area is 150 Å². The zero-order chi connectivity index (χ0) is 16.8. The van der Waals surface area contributed by atoms with Crippen molar-refractivity contribution >= 4 is 5.69 Å². The van der Waals surface area contributed by atoms with Crippen molar-refractivity contribution in [3.05, 3.63) is 22.8 Å². The summed E-state index contributed by atoms with van der Waals surface area (Å²) in [7, 11) is 0. The molecular formula is C21H30N2O2. The molecule has 136 valence electrons. The van der Waals surface area contributed by atoms with Crippen LogP contribution in [0.15, 0.2) is 6.07 Å². The third-order valence-electron chi connectivity index (χ3n) is 6.39. The second-order valence-corrected chi connectivity index (χ2v) is 8.34. The van der Waals surface area contributed by atoms with Crippen LogP contribution < -0.4 is 15.0 Å². The minimum absolute atomic E-state index is 0.451. The number of hydrogen-bond donors (Lipinski definition) is 1. The second kappa shape index (κ2) is 6.48. The average molecular weight is 342 g/mol. The number of anilines is 1. The maximum absolute atomic E-state index is 6.26. The molecule has 0 bridgehead atoms. The summed E-state index contributed by atoms with van der Waals surface area (Å²) in [5.74, 6) is 2.58. The first-order chi connectivity index (χ1) is 12.3. The highest BCUT2D eigenvalue weighted by atomic mass is 16.5. The summed E-state index contributed by atoms with van der Waals surface area (Å²) in [6, 6.07) is 2.82. The Morgan fingerprint density at radius 2 is 2.04 bits per heavy atom. The largest absolute Gasteiger partial charge is 0.489 e. The summed E-state index contributed by atoms with van der Waals surface area (Å²) in [6.45, 7) is 8.31. The Bertz CT molecular complexity index is 650. The monoisotopic (exact) mass is 342 g/mol. The number of ether oxygens (including phenoxy) is 2. The van der Waals surface area contributed by atoms with Gasteiger partial charge in [-0.25, -0.2) is 0 Å². The van der Waals surface area contributed by atoms with Gasteiger partial charge in [0.1, 0.15) is 12.4 Å². The third-order valence-corrected chi connectivity index (χ3v) is 6.39. The van der Waals surface area contributed by atoms with Crippen molar-refractivity contribution in [2.75, 3.05) is 44.4 Å². The van der Waals surface area contributed by atoms with Gasteiger partial charge < -0.3 is 19.7 Å². The maximum Gasteiger partial charge on any atom is 0.143 e. The van der Waals surface area contributed by atoms with E-state index in [1.54, 1.807) is 11.1 Å².